The van der Waals surface area contributed by atoms with E-state index in [2.05, 4.69) is 50.3 Å². The lowest BCUT2D eigenvalue weighted by molar-refractivity contribution is -0.124. The number of nitrogens with two attached hydrogens (primary N) is 3. The van der Waals surface area contributed by atoms with E-state index in [1.54, 1.807) is 31.1 Å². The molecule has 5 aliphatic rings. The SMILES string of the molecule is COC1=CC=C(C[C@H](NP(=O)(O)O[C@H]2C[C@H](n3cnc4c(N)ncnc43)O[C@@H]2COP(=O)(O)O[C@H]2[C@@H](O)[C@H](n3ccc(N)nc3=O)O[C@@H]2COP(=O)(O)O[C@H]2[C@@H](O)[C@H](n3ccc(N)nc3=O)O[C@@H]2COP(O)O)C(=O)N[C@H]2[C@@H](O)[C@H](n3cnc4c(N(C)C)ncnc43)O[C@@H]2CO)CC1. The van der Waals surface area contributed by atoms with Crippen molar-refractivity contribution in [2.24, 2.45) is 0 Å². The van der Waals surface area contributed by atoms with Gasteiger partial charge in [-0.15, -0.1) is 0 Å². The molecular formula is C50H68N18O26P4. The third-order valence-electron chi connectivity index (χ3n) is 16.2. The summed E-state index contributed by atoms with van der Waals surface area (Å²) < 4.78 is 108. The Morgan fingerprint density at radius 1 is 0.714 bits per heavy atom. The fraction of sp³-hybridized carbons (Fsp3) is 0.540. The van der Waals surface area contributed by atoms with Gasteiger partial charge < -0.3 is 101 Å². The molecule has 0 aromatic carbocycles. The van der Waals surface area contributed by atoms with Crippen LogP contribution in [0.5, 0.6) is 0 Å². The van der Waals surface area contributed by atoms with Gasteiger partial charge in [0.15, 0.2) is 47.1 Å². The minimum Gasteiger partial charge on any atom is -0.501 e. The van der Waals surface area contributed by atoms with Gasteiger partial charge in [0, 0.05) is 39.3 Å². The fourth-order valence-electron chi connectivity index (χ4n) is 11.5. The molecule has 48 heteroatoms. The number of imidazole rings is 2. The predicted octanol–water partition coefficient (Wildman–Crippen LogP) is -3.15. The Morgan fingerprint density at radius 2 is 1.28 bits per heavy atom. The molecule has 3 unspecified atom stereocenters. The van der Waals surface area contributed by atoms with E-state index in [-0.39, 0.29) is 40.7 Å². The first-order chi connectivity index (χ1) is 46.5. The van der Waals surface area contributed by atoms with Gasteiger partial charge in [-0.3, -0.25) is 45.7 Å². The average molecular weight is 1460 g/mol. The van der Waals surface area contributed by atoms with Crippen LogP contribution in [0.25, 0.3) is 22.3 Å². The van der Waals surface area contributed by atoms with Gasteiger partial charge in [0.2, 0.25) is 5.91 Å². The largest absolute Gasteiger partial charge is 0.501 e. The van der Waals surface area contributed by atoms with Crippen LogP contribution in [0.4, 0.5) is 23.3 Å². The Hall–Kier alpha value is -6.87. The van der Waals surface area contributed by atoms with Crippen LogP contribution in [-0.4, -0.2) is 230 Å². The number of nitrogen functional groups attached to an aromatic ring is 3. The molecule has 4 saturated heterocycles. The summed E-state index contributed by atoms with van der Waals surface area (Å²) in [5.41, 5.74) is 16.5. The third-order valence-corrected chi connectivity index (χ3v) is 19.7. The lowest BCUT2D eigenvalue weighted by atomic mass is 9.96. The molecule has 98 heavy (non-hydrogen) atoms. The number of ether oxygens (including phenoxy) is 5. The van der Waals surface area contributed by atoms with Crippen molar-refractivity contribution >= 4 is 83.5 Å². The minimum absolute atomic E-state index is 0.0483. The van der Waals surface area contributed by atoms with Crippen LogP contribution in [0.15, 0.2) is 82.9 Å². The van der Waals surface area contributed by atoms with Crippen molar-refractivity contribution in [1.82, 2.24) is 68.5 Å². The number of fused-ring (bicyclic) bond motifs is 2. The van der Waals surface area contributed by atoms with Gasteiger partial charge in [0.05, 0.1) is 64.0 Å². The molecule has 0 radical (unpaired) electrons. The number of amides is 1. The molecule has 11 rings (SSSR count). The monoisotopic (exact) mass is 1460 g/mol. The second-order valence-corrected chi connectivity index (χ2v) is 27.8. The van der Waals surface area contributed by atoms with Crippen molar-refractivity contribution in [3.05, 3.63) is 94.3 Å². The average Bonchev–Trinajstić information content (AvgIpc) is 1.64. The van der Waals surface area contributed by atoms with Gasteiger partial charge in [-0.25, -0.2) is 58.3 Å². The van der Waals surface area contributed by atoms with Crippen LogP contribution in [0.3, 0.4) is 0 Å². The minimum atomic E-state index is -5.70. The highest BCUT2D eigenvalue weighted by molar-refractivity contribution is 7.50. The van der Waals surface area contributed by atoms with E-state index in [1.807, 2.05) is 0 Å². The normalized spacial score (nSPS) is 29.5. The highest BCUT2D eigenvalue weighted by atomic mass is 31.2. The molecule has 6 aromatic heterocycles. The molecule has 534 valence electrons. The number of carbonyl (C=O) groups is 1. The maximum Gasteiger partial charge on any atom is 0.472 e. The number of hydrogen-bond acceptors (Lipinski definition) is 35. The number of nitrogens with zero attached hydrogens (tertiary/aromatic N) is 13. The van der Waals surface area contributed by atoms with E-state index in [0.29, 0.717) is 40.1 Å². The molecule has 1 aliphatic carbocycles. The van der Waals surface area contributed by atoms with Crippen LogP contribution in [-0.2, 0) is 69.3 Å². The second-order valence-electron chi connectivity index (χ2n) is 22.8. The molecular weight excluding hydrogens is 1390 g/mol. The number of phosphoric acid groups is 2. The van der Waals surface area contributed by atoms with Crippen molar-refractivity contribution in [2.45, 2.75) is 124 Å². The first-order valence-electron chi connectivity index (χ1n) is 29.4. The molecule has 44 nitrogen and oxygen atoms in total. The van der Waals surface area contributed by atoms with Crippen LogP contribution < -0.4 is 43.9 Å². The zero-order valence-corrected chi connectivity index (χ0v) is 55.0. The number of aliphatic hydroxyl groups excluding tert-OH is 4. The summed E-state index contributed by atoms with van der Waals surface area (Å²) in [5, 5.41) is 50.6. The molecule has 4 fully saturated rings. The summed E-state index contributed by atoms with van der Waals surface area (Å²) in [5.74, 6) is -0.482. The maximum atomic E-state index is 14.7. The van der Waals surface area contributed by atoms with Gasteiger partial charge in [0.1, 0.15) is 97.1 Å². The Morgan fingerprint density at radius 3 is 1.85 bits per heavy atom. The van der Waals surface area contributed by atoms with Crippen LogP contribution in [0.2, 0.25) is 0 Å². The molecule has 10 heterocycles. The number of aromatic nitrogens is 12. The van der Waals surface area contributed by atoms with Crippen molar-refractivity contribution in [2.75, 3.05) is 69.7 Å². The van der Waals surface area contributed by atoms with E-state index >= 15 is 0 Å². The summed E-state index contributed by atoms with van der Waals surface area (Å²) in [4.78, 5) is 128. The number of hydrogen-bond donors (Lipinski definition) is 14. The number of anilines is 4. The topological polar surface area (TPSA) is 614 Å². The van der Waals surface area contributed by atoms with Gasteiger partial charge in [-0.2, -0.15) is 9.97 Å². The van der Waals surface area contributed by atoms with Gasteiger partial charge in [-0.05, 0) is 31.1 Å². The number of methoxy groups -OCH3 is 1. The van der Waals surface area contributed by atoms with Crippen LogP contribution in [0, 0.1) is 0 Å². The maximum absolute atomic E-state index is 14.7. The van der Waals surface area contributed by atoms with E-state index < -0.39 is 180 Å². The van der Waals surface area contributed by atoms with Gasteiger partial charge in [0.25, 0.3) is 0 Å². The van der Waals surface area contributed by atoms with Crippen molar-refractivity contribution in [3.8, 4) is 0 Å². The Labute approximate surface area is 552 Å². The molecule has 0 saturated carbocycles. The molecule has 17 N–H and O–H groups in total. The Balaban J connectivity index is 0.828. The Bertz CT molecular complexity index is 4230. The summed E-state index contributed by atoms with van der Waals surface area (Å²) in [7, 11) is -14.8. The smallest absolute Gasteiger partial charge is 0.472 e. The van der Waals surface area contributed by atoms with E-state index in [1.165, 1.54) is 35.2 Å². The second kappa shape index (κ2) is 29.8. The highest BCUT2D eigenvalue weighted by Crippen LogP contribution is 2.53. The molecule has 0 spiro atoms. The first-order valence-corrected chi connectivity index (χ1v) is 35.1. The Kier molecular flexibility index (Phi) is 22.0. The molecule has 6 aromatic rings. The summed E-state index contributed by atoms with van der Waals surface area (Å²) >= 11 is 0. The van der Waals surface area contributed by atoms with Crippen molar-refractivity contribution in [1.29, 1.82) is 0 Å². The molecule has 0 bridgehead atoms. The fourth-order valence-corrected chi connectivity index (χ4v) is 15.0. The lowest BCUT2D eigenvalue weighted by Gasteiger charge is -2.28. The predicted molar refractivity (Wildman–Crippen MR) is 330 cm³/mol. The number of rotatable bonds is 28. The number of aliphatic hydroxyl groups is 4. The summed E-state index contributed by atoms with van der Waals surface area (Å²) in [6, 6.07) is -0.770. The number of nitrogens with one attached hydrogen (secondary N) is 2. The van der Waals surface area contributed by atoms with E-state index in [0.717, 1.165) is 35.4 Å². The van der Waals surface area contributed by atoms with Crippen molar-refractivity contribution < 1.29 is 114 Å². The summed E-state index contributed by atoms with van der Waals surface area (Å²) in [6.45, 7) is -3.87. The van der Waals surface area contributed by atoms with E-state index in [4.69, 9.17) is 68.0 Å². The van der Waals surface area contributed by atoms with Gasteiger partial charge in [-0.1, -0.05) is 11.6 Å². The highest BCUT2D eigenvalue weighted by Gasteiger charge is 2.54. The van der Waals surface area contributed by atoms with Crippen LogP contribution in [0.1, 0.15) is 50.6 Å². The zero-order chi connectivity index (χ0) is 70.3. The lowest BCUT2D eigenvalue weighted by Crippen LogP contribution is -2.54. The van der Waals surface area contributed by atoms with Gasteiger partial charge >= 0.3 is 43.4 Å². The number of phosphoric ester groups is 2. The van der Waals surface area contributed by atoms with Crippen molar-refractivity contribution in [3.63, 3.8) is 0 Å². The summed E-state index contributed by atoms with van der Waals surface area (Å²) in [6.07, 6.45) is -14.0. The molecule has 4 aliphatic heterocycles. The number of carbonyl (C=O) groups excluding carboxylic acids is 1. The number of allylic oxidation sites excluding steroid dienone is 3. The molecule has 19 atom stereocenters. The first kappa shape index (κ1) is 72.4. The third kappa shape index (κ3) is 16.0. The standard InChI is InChI=1S/C50H68N18O26P4/c1-64(2)42-35-44(57-19-55-42)68(21-59-35)46-36(70)33(26(14-69)89-46)62-45(73)24(12-22-4-6-23(84-3)7-5-22)63-96(78,79)92-25-13-32(67-20-58-34-41(53)54-18-56-43(34)67)88-27(25)16-86-97(80,81)94-40-29(91-48(38(40)72)66-11-9-31(52)61-50(66)75)17-87-98(82,83)93-39-28(15-85-95(76)77)90-47(37(39)71)65-10-8-30(51)60-49(65)74/h4,6,8-11,18-21,24-29,32-33,36-40,46-48,69-72,76-77H,5,7,12-17H2,1-3H3,(H,62,73)(H,80,81)(H,82,83)(H2,51,60,74)(H2,52,61,75)(H2,53,54,56)(H2,63,78,79)/t24-,25-,26+,27+,28+,29+,32+,33+,36+,37+,38+,39+,40+,46+,47+,48+/m0/s1. The van der Waals surface area contributed by atoms with E-state index in [9.17, 15) is 73.0 Å². The zero-order valence-electron chi connectivity index (χ0n) is 51.5. The molecule has 1 amide bonds. The van der Waals surface area contributed by atoms with Crippen LogP contribution >= 0.6 is 32.0 Å². The quantitative estimate of drug-likeness (QED) is 0.0216.